The molecule has 0 saturated carbocycles. The Morgan fingerprint density at radius 2 is 1.87 bits per heavy atom. The Morgan fingerprint density at radius 1 is 1.26 bits per heavy atom. The van der Waals surface area contributed by atoms with Crippen LogP contribution < -0.4 is 5.32 Å². The SMILES string of the molecule is C=N/C(=N\C(=C)NC)N1CCC2(CN(C(=O)OC(C)(C)C)C2)C1. The molecule has 1 amide bonds. The third kappa shape index (κ3) is 4.03. The number of rotatable bonds is 2. The van der Waals surface area contributed by atoms with Gasteiger partial charge in [-0.1, -0.05) is 6.58 Å². The van der Waals surface area contributed by atoms with Gasteiger partial charge in [0, 0.05) is 38.6 Å². The van der Waals surface area contributed by atoms with Crippen molar-refractivity contribution in [1.29, 1.82) is 0 Å². The highest BCUT2D eigenvalue weighted by Crippen LogP contribution is 2.40. The predicted molar refractivity (Wildman–Crippen MR) is 91.6 cm³/mol. The van der Waals surface area contributed by atoms with E-state index in [1.54, 1.807) is 11.9 Å². The molecule has 2 heterocycles. The third-order valence-corrected chi connectivity index (χ3v) is 4.09. The number of amides is 1. The van der Waals surface area contributed by atoms with Crippen molar-refractivity contribution in [3.05, 3.63) is 12.4 Å². The van der Waals surface area contributed by atoms with E-state index < -0.39 is 5.60 Å². The van der Waals surface area contributed by atoms with Gasteiger partial charge in [-0.15, -0.1) is 0 Å². The number of hydrogen-bond acceptors (Lipinski definition) is 4. The molecule has 128 valence electrons. The van der Waals surface area contributed by atoms with Crippen LogP contribution in [0.5, 0.6) is 0 Å². The number of carbonyl (C=O) groups is 1. The van der Waals surface area contributed by atoms with E-state index in [9.17, 15) is 4.79 Å². The summed E-state index contributed by atoms with van der Waals surface area (Å²) in [6, 6.07) is 0. The summed E-state index contributed by atoms with van der Waals surface area (Å²) in [7, 11) is 1.77. The van der Waals surface area contributed by atoms with Gasteiger partial charge < -0.3 is 19.9 Å². The number of carbonyl (C=O) groups excluding carboxylic acids is 1. The zero-order chi connectivity index (χ0) is 17.3. The number of ether oxygens (including phenoxy) is 1. The molecular formula is C16H27N5O2. The highest BCUT2D eigenvalue weighted by atomic mass is 16.6. The van der Waals surface area contributed by atoms with E-state index in [0.717, 1.165) is 32.6 Å². The van der Waals surface area contributed by atoms with Crippen LogP contribution >= 0.6 is 0 Å². The maximum atomic E-state index is 12.1. The van der Waals surface area contributed by atoms with Crippen LogP contribution in [0, 0.1) is 5.41 Å². The van der Waals surface area contributed by atoms with Gasteiger partial charge in [0.25, 0.3) is 0 Å². The Balaban J connectivity index is 1.92. The molecule has 0 aromatic rings. The molecule has 0 bridgehead atoms. The Labute approximate surface area is 138 Å². The minimum atomic E-state index is -0.457. The first-order valence-electron chi connectivity index (χ1n) is 7.83. The average Bonchev–Trinajstić information content (AvgIpc) is 2.86. The average molecular weight is 321 g/mol. The Morgan fingerprint density at radius 3 is 2.39 bits per heavy atom. The second-order valence-electron chi connectivity index (χ2n) is 7.27. The number of likely N-dealkylation sites (tertiary alicyclic amines) is 2. The quantitative estimate of drug-likeness (QED) is 0.620. The van der Waals surface area contributed by atoms with Crippen molar-refractivity contribution in [3.63, 3.8) is 0 Å². The van der Waals surface area contributed by atoms with Crippen molar-refractivity contribution in [2.75, 3.05) is 33.2 Å². The first kappa shape index (κ1) is 17.3. The molecule has 1 N–H and O–H groups in total. The van der Waals surface area contributed by atoms with Crippen molar-refractivity contribution in [1.82, 2.24) is 15.1 Å². The van der Waals surface area contributed by atoms with Crippen molar-refractivity contribution < 1.29 is 9.53 Å². The largest absolute Gasteiger partial charge is 0.444 e. The van der Waals surface area contributed by atoms with Gasteiger partial charge in [-0.25, -0.2) is 9.79 Å². The second-order valence-corrected chi connectivity index (χ2v) is 7.27. The van der Waals surface area contributed by atoms with Crippen molar-refractivity contribution in [2.24, 2.45) is 15.4 Å². The maximum absolute atomic E-state index is 12.1. The lowest BCUT2D eigenvalue weighted by molar-refractivity contribution is -0.0289. The summed E-state index contributed by atoms with van der Waals surface area (Å²) < 4.78 is 5.41. The highest BCUT2D eigenvalue weighted by Gasteiger charge is 2.50. The number of nitrogens with zero attached hydrogens (tertiary/aromatic N) is 4. The topological polar surface area (TPSA) is 69.5 Å². The van der Waals surface area contributed by atoms with Crippen LogP contribution in [0.4, 0.5) is 4.79 Å². The van der Waals surface area contributed by atoms with Gasteiger partial charge in [0.2, 0.25) is 5.96 Å². The van der Waals surface area contributed by atoms with Gasteiger partial charge in [-0.2, -0.15) is 4.99 Å². The molecule has 2 fully saturated rings. The maximum Gasteiger partial charge on any atom is 0.410 e. The van der Waals surface area contributed by atoms with Crippen LogP contribution in [0.25, 0.3) is 0 Å². The summed E-state index contributed by atoms with van der Waals surface area (Å²) in [6.45, 7) is 16.1. The number of nitrogens with one attached hydrogen (secondary N) is 1. The fourth-order valence-electron chi connectivity index (χ4n) is 2.97. The summed E-state index contributed by atoms with van der Waals surface area (Å²) >= 11 is 0. The molecule has 0 radical (unpaired) electrons. The first-order valence-corrected chi connectivity index (χ1v) is 7.83. The lowest BCUT2D eigenvalue weighted by Gasteiger charge is -2.47. The van der Waals surface area contributed by atoms with E-state index >= 15 is 0 Å². The van der Waals surface area contributed by atoms with Crippen LogP contribution in [-0.4, -0.2) is 67.4 Å². The summed E-state index contributed by atoms with van der Waals surface area (Å²) in [5.74, 6) is 1.13. The van der Waals surface area contributed by atoms with E-state index in [1.165, 1.54) is 0 Å². The molecular weight excluding hydrogens is 294 g/mol. The smallest absolute Gasteiger partial charge is 0.410 e. The molecule has 2 aliphatic heterocycles. The van der Waals surface area contributed by atoms with Gasteiger partial charge >= 0.3 is 6.09 Å². The summed E-state index contributed by atoms with van der Waals surface area (Å²) in [5, 5.41) is 2.88. The third-order valence-electron chi connectivity index (χ3n) is 4.09. The van der Waals surface area contributed by atoms with Crippen molar-refractivity contribution >= 4 is 18.8 Å². The Hall–Kier alpha value is -2.05. The molecule has 2 rings (SSSR count). The summed E-state index contributed by atoms with van der Waals surface area (Å²) in [4.78, 5) is 24.2. The van der Waals surface area contributed by atoms with E-state index in [-0.39, 0.29) is 11.5 Å². The van der Waals surface area contributed by atoms with Gasteiger partial charge in [-0.3, -0.25) is 0 Å². The van der Waals surface area contributed by atoms with Gasteiger partial charge in [0.05, 0.1) is 0 Å². The molecule has 23 heavy (non-hydrogen) atoms. The van der Waals surface area contributed by atoms with E-state index in [1.807, 2.05) is 20.8 Å². The van der Waals surface area contributed by atoms with Gasteiger partial charge in [0.1, 0.15) is 11.4 Å². The van der Waals surface area contributed by atoms with Gasteiger partial charge in [0.15, 0.2) is 0 Å². The van der Waals surface area contributed by atoms with Crippen molar-refractivity contribution in [2.45, 2.75) is 32.8 Å². The van der Waals surface area contributed by atoms with Crippen molar-refractivity contribution in [3.8, 4) is 0 Å². The zero-order valence-electron chi connectivity index (χ0n) is 14.6. The van der Waals surface area contributed by atoms with Crippen LogP contribution in [0.3, 0.4) is 0 Å². The van der Waals surface area contributed by atoms with Crippen LogP contribution in [0.1, 0.15) is 27.2 Å². The monoisotopic (exact) mass is 321 g/mol. The number of hydrogen-bond donors (Lipinski definition) is 1. The lowest BCUT2D eigenvalue weighted by Crippen LogP contribution is -2.60. The Bertz CT molecular complexity index is 529. The Kier molecular flexibility index (Phi) is 4.68. The number of aliphatic imine (C=N–C) groups is 2. The second kappa shape index (κ2) is 6.22. The molecule has 2 saturated heterocycles. The fraction of sp³-hybridized carbons (Fsp3) is 0.688. The fourth-order valence-corrected chi connectivity index (χ4v) is 2.97. The lowest BCUT2D eigenvalue weighted by atomic mass is 9.79. The minimum absolute atomic E-state index is 0.114. The zero-order valence-corrected chi connectivity index (χ0v) is 14.6. The molecule has 0 aromatic heterocycles. The molecule has 2 aliphatic rings. The van der Waals surface area contributed by atoms with E-state index in [0.29, 0.717) is 11.8 Å². The standard InChI is InChI=1S/C16H27N5O2/c1-12(17-5)19-13(18-6)20-8-7-16(9-20)10-21(11-16)14(22)23-15(2,3)4/h17H,1,6-11H2,2-5H3/b19-13+. The predicted octanol–water partition coefficient (Wildman–Crippen LogP) is 1.68. The number of guanidine groups is 1. The molecule has 0 aliphatic carbocycles. The van der Waals surface area contributed by atoms with Crippen LogP contribution in [0.2, 0.25) is 0 Å². The summed E-state index contributed by atoms with van der Waals surface area (Å²) in [6.07, 6.45) is 0.772. The van der Waals surface area contributed by atoms with Crippen LogP contribution in [0.15, 0.2) is 22.4 Å². The van der Waals surface area contributed by atoms with E-state index in [2.05, 4.69) is 33.5 Å². The molecule has 0 unspecified atom stereocenters. The normalized spacial score (nSPS) is 20.3. The highest BCUT2D eigenvalue weighted by molar-refractivity contribution is 5.85. The van der Waals surface area contributed by atoms with E-state index in [4.69, 9.17) is 4.74 Å². The first-order chi connectivity index (χ1) is 10.7. The molecule has 7 heteroatoms. The molecule has 1 spiro atoms. The summed E-state index contributed by atoms with van der Waals surface area (Å²) in [5.41, 5.74) is -0.342. The minimum Gasteiger partial charge on any atom is -0.444 e. The van der Waals surface area contributed by atoms with Gasteiger partial charge in [-0.05, 0) is 33.9 Å². The molecule has 0 atom stereocenters. The van der Waals surface area contributed by atoms with Crippen LogP contribution in [-0.2, 0) is 4.74 Å². The molecule has 7 nitrogen and oxygen atoms in total. The molecule has 0 aromatic carbocycles.